The monoisotopic (exact) mass is 413 g/mol. The van der Waals surface area contributed by atoms with E-state index < -0.39 is 30.1 Å². The fraction of sp³-hybridized carbons (Fsp3) is 0.556. The first-order valence-corrected chi connectivity index (χ1v) is 9.27. The minimum absolute atomic E-state index is 0.154. The fourth-order valence-electron chi connectivity index (χ4n) is 3.12. The van der Waals surface area contributed by atoms with E-state index in [1.54, 1.807) is 26.8 Å². The molecule has 10 heteroatoms. The SMILES string of the molecule is CC(C)(C)OC(=O)N1CC(CNc2nc(Cl)cc3nccnc23)CC(F)(F)C1. The molecule has 0 aliphatic carbocycles. The number of anilines is 1. The molecule has 3 heterocycles. The smallest absolute Gasteiger partial charge is 0.410 e. The van der Waals surface area contributed by atoms with Crippen molar-refractivity contribution in [1.29, 1.82) is 0 Å². The molecule has 1 amide bonds. The number of nitrogens with zero attached hydrogens (tertiary/aromatic N) is 4. The largest absolute Gasteiger partial charge is 0.444 e. The third kappa shape index (κ3) is 5.15. The summed E-state index contributed by atoms with van der Waals surface area (Å²) in [6.07, 6.45) is 1.96. The van der Waals surface area contributed by atoms with Crippen LogP contribution in [0.15, 0.2) is 18.5 Å². The van der Waals surface area contributed by atoms with E-state index in [0.29, 0.717) is 16.9 Å². The Bertz CT molecular complexity index is 875. The van der Waals surface area contributed by atoms with Crippen LogP contribution in [0.5, 0.6) is 0 Å². The number of alkyl halides is 2. The summed E-state index contributed by atoms with van der Waals surface area (Å²) in [7, 11) is 0. The number of nitrogens with one attached hydrogen (secondary N) is 1. The van der Waals surface area contributed by atoms with Gasteiger partial charge in [-0.3, -0.25) is 4.98 Å². The van der Waals surface area contributed by atoms with Gasteiger partial charge < -0.3 is 15.0 Å². The Morgan fingerprint density at radius 3 is 2.82 bits per heavy atom. The van der Waals surface area contributed by atoms with Crippen molar-refractivity contribution in [1.82, 2.24) is 19.9 Å². The molecular formula is C18H22ClF2N5O2. The van der Waals surface area contributed by atoms with Crippen LogP contribution in [0.1, 0.15) is 27.2 Å². The van der Waals surface area contributed by atoms with Gasteiger partial charge in [-0.25, -0.2) is 23.5 Å². The maximum Gasteiger partial charge on any atom is 0.410 e. The number of carbonyl (C=O) groups excluding carboxylic acids is 1. The summed E-state index contributed by atoms with van der Waals surface area (Å²) in [6.45, 7) is 4.77. The van der Waals surface area contributed by atoms with Gasteiger partial charge in [0.15, 0.2) is 5.82 Å². The number of halogens is 3. The number of pyridine rings is 1. The number of hydrogen-bond donors (Lipinski definition) is 1. The van der Waals surface area contributed by atoms with Gasteiger partial charge in [-0.05, 0) is 26.7 Å². The van der Waals surface area contributed by atoms with Crippen LogP contribution in [0.4, 0.5) is 19.4 Å². The van der Waals surface area contributed by atoms with E-state index in [9.17, 15) is 13.6 Å². The highest BCUT2D eigenvalue weighted by Gasteiger charge is 2.43. The molecule has 1 unspecified atom stereocenters. The van der Waals surface area contributed by atoms with Crippen LogP contribution >= 0.6 is 11.6 Å². The van der Waals surface area contributed by atoms with E-state index in [1.807, 2.05) is 0 Å². The highest BCUT2D eigenvalue weighted by Crippen LogP contribution is 2.32. The van der Waals surface area contributed by atoms with Gasteiger partial charge in [0.25, 0.3) is 5.92 Å². The minimum Gasteiger partial charge on any atom is -0.444 e. The van der Waals surface area contributed by atoms with Gasteiger partial charge in [0.1, 0.15) is 16.3 Å². The van der Waals surface area contributed by atoms with Crippen molar-refractivity contribution >= 4 is 34.5 Å². The molecule has 0 bridgehead atoms. The average Bonchev–Trinajstić information content (AvgIpc) is 2.56. The van der Waals surface area contributed by atoms with E-state index in [0.717, 1.165) is 4.90 Å². The Labute approximate surface area is 166 Å². The Kier molecular flexibility index (Phi) is 5.56. The lowest BCUT2D eigenvalue weighted by atomic mass is 9.95. The van der Waals surface area contributed by atoms with Gasteiger partial charge in [-0.1, -0.05) is 11.6 Å². The predicted molar refractivity (Wildman–Crippen MR) is 102 cm³/mol. The van der Waals surface area contributed by atoms with Crippen LogP contribution in [-0.2, 0) is 4.74 Å². The zero-order valence-electron chi connectivity index (χ0n) is 15.9. The van der Waals surface area contributed by atoms with Gasteiger partial charge in [0.2, 0.25) is 0 Å². The first-order valence-electron chi connectivity index (χ1n) is 8.89. The number of likely N-dealkylation sites (tertiary alicyclic amines) is 1. The molecule has 0 radical (unpaired) electrons. The molecule has 1 N–H and O–H groups in total. The second-order valence-corrected chi connectivity index (χ2v) is 8.27. The number of amides is 1. The molecule has 0 spiro atoms. The van der Waals surface area contributed by atoms with Gasteiger partial charge in [0, 0.05) is 38.0 Å². The lowest BCUT2D eigenvalue weighted by Crippen LogP contribution is -2.52. The highest BCUT2D eigenvalue weighted by molar-refractivity contribution is 6.30. The van der Waals surface area contributed by atoms with Crippen molar-refractivity contribution in [2.24, 2.45) is 5.92 Å². The first-order chi connectivity index (χ1) is 13.0. The quantitative estimate of drug-likeness (QED) is 0.766. The van der Waals surface area contributed by atoms with E-state index in [2.05, 4.69) is 20.3 Å². The van der Waals surface area contributed by atoms with Crippen LogP contribution in [-0.4, -0.2) is 57.1 Å². The Hall–Kier alpha value is -2.29. The molecule has 1 atom stereocenters. The molecule has 1 fully saturated rings. The number of fused-ring (bicyclic) bond motifs is 1. The van der Waals surface area contributed by atoms with Crippen LogP contribution in [0.3, 0.4) is 0 Å². The standard InChI is InChI=1S/C18H22ClF2N5O2/c1-17(2,3)28-16(27)26-9-11(7-18(20,21)10-26)8-24-15-14-12(6-13(19)25-15)22-4-5-23-14/h4-6,11H,7-10H2,1-3H3,(H,24,25). The van der Waals surface area contributed by atoms with Crippen LogP contribution in [0.2, 0.25) is 5.15 Å². The third-order valence-electron chi connectivity index (χ3n) is 4.12. The Balaban J connectivity index is 1.72. The van der Waals surface area contributed by atoms with Crippen LogP contribution in [0, 0.1) is 5.92 Å². The number of hydrogen-bond acceptors (Lipinski definition) is 6. The molecule has 1 aliphatic rings. The molecular weight excluding hydrogens is 392 g/mol. The molecule has 2 aromatic heterocycles. The van der Waals surface area contributed by atoms with E-state index >= 15 is 0 Å². The van der Waals surface area contributed by atoms with Crippen molar-refractivity contribution in [3.8, 4) is 0 Å². The lowest BCUT2D eigenvalue weighted by Gasteiger charge is -2.38. The summed E-state index contributed by atoms with van der Waals surface area (Å²) >= 11 is 6.01. The van der Waals surface area contributed by atoms with Crippen molar-refractivity contribution in [2.45, 2.75) is 38.7 Å². The molecule has 152 valence electrons. The summed E-state index contributed by atoms with van der Waals surface area (Å²) in [5.41, 5.74) is 0.299. The average molecular weight is 414 g/mol. The molecule has 7 nitrogen and oxygen atoms in total. The van der Waals surface area contributed by atoms with Crippen molar-refractivity contribution in [3.63, 3.8) is 0 Å². The maximum atomic E-state index is 14.2. The number of piperidine rings is 1. The molecule has 1 aliphatic heterocycles. The third-order valence-corrected chi connectivity index (χ3v) is 4.32. The summed E-state index contributed by atoms with van der Waals surface area (Å²) < 4.78 is 33.6. The molecule has 1 saturated heterocycles. The highest BCUT2D eigenvalue weighted by atomic mass is 35.5. The minimum atomic E-state index is -2.99. The number of aromatic nitrogens is 3. The van der Waals surface area contributed by atoms with Gasteiger partial charge >= 0.3 is 6.09 Å². The van der Waals surface area contributed by atoms with Gasteiger partial charge in [0.05, 0.1) is 12.1 Å². The maximum absolute atomic E-state index is 14.2. The topological polar surface area (TPSA) is 80.2 Å². The first kappa shape index (κ1) is 20.4. The second kappa shape index (κ2) is 7.62. The summed E-state index contributed by atoms with van der Waals surface area (Å²) in [5.74, 6) is -3.12. The second-order valence-electron chi connectivity index (χ2n) is 7.89. The van der Waals surface area contributed by atoms with Crippen LogP contribution < -0.4 is 5.32 Å². The molecule has 28 heavy (non-hydrogen) atoms. The van der Waals surface area contributed by atoms with Crippen LogP contribution in [0.25, 0.3) is 11.0 Å². The van der Waals surface area contributed by atoms with Gasteiger partial charge in [-0.2, -0.15) is 0 Å². The van der Waals surface area contributed by atoms with Crippen molar-refractivity contribution < 1.29 is 18.3 Å². The molecule has 3 rings (SSSR count). The molecule has 0 aromatic carbocycles. The molecule has 0 saturated carbocycles. The Morgan fingerprint density at radius 1 is 1.39 bits per heavy atom. The van der Waals surface area contributed by atoms with E-state index in [4.69, 9.17) is 16.3 Å². The zero-order chi connectivity index (χ0) is 20.5. The van der Waals surface area contributed by atoms with Crippen molar-refractivity contribution in [3.05, 3.63) is 23.6 Å². The van der Waals surface area contributed by atoms with Crippen molar-refractivity contribution in [2.75, 3.05) is 25.0 Å². The normalized spacial score (nSPS) is 19.5. The number of rotatable bonds is 3. The van der Waals surface area contributed by atoms with E-state index in [1.165, 1.54) is 12.4 Å². The zero-order valence-corrected chi connectivity index (χ0v) is 16.6. The van der Waals surface area contributed by atoms with E-state index in [-0.39, 0.29) is 24.7 Å². The Morgan fingerprint density at radius 2 is 2.11 bits per heavy atom. The number of carbonyl (C=O) groups is 1. The summed E-state index contributed by atoms with van der Waals surface area (Å²) in [4.78, 5) is 25.9. The fourth-order valence-corrected chi connectivity index (χ4v) is 3.30. The summed E-state index contributed by atoms with van der Waals surface area (Å²) in [5, 5.41) is 3.26. The van der Waals surface area contributed by atoms with Gasteiger partial charge in [-0.15, -0.1) is 0 Å². The predicted octanol–water partition coefficient (Wildman–Crippen LogP) is 3.98. The lowest BCUT2D eigenvalue weighted by molar-refractivity contribution is -0.0846. The molecule has 2 aromatic rings. The summed E-state index contributed by atoms with van der Waals surface area (Å²) in [6, 6.07) is 1.58. The number of ether oxygens (including phenoxy) is 1.